The van der Waals surface area contributed by atoms with Gasteiger partial charge in [0, 0.05) is 28.9 Å². The lowest BCUT2D eigenvalue weighted by Gasteiger charge is -2.16. The van der Waals surface area contributed by atoms with E-state index < -0.39 is 5.82 Å². The van der Waals surface area contributed by atoms with Gasteiger partial charge in [0.25, 0.3) is 0 Å². The first kappa shape index (κ1) is 20.3. The van der Waals surface area contributed by atoms with Gasteiger partial charge in [-0.2, -0.15) is 0 Å². The monoisotopic (exact) mass is 419 g/mol. The van der Waals surface area contributed by atoms with Gasteiger partial charge >= 0.3 is 0 Å². The van der Waals surface area contributed by atoms with Gasteiger partial charge in [0.2, 0.25) is 0 Å². The molecule has 0 heterocycles. The molecule has 3 nitrogen and oxygen atoms in total. The maximum atomic E-state index is 14.0. The molecule has 0 saturated heterocycles. The first-order valence-electron chi connectivity index (χ1n) is 8.88. The molecule has 3 rings (SSSR count). The summed E-state index contributed by atoms with van der Waals surface area (Å²) in [5.74, 6) is 0.569. The fraction of sp³-hybridized carbons (Fsp3) is 0.182. The van der Waals surface area contributed by atoms with E-state index >= 15 is 0 Å². The van der Waals surface area contributed by atoms with Gasteiger partial charge in [-0.1, -0.05) is 47.5 Å². The topological polar surface area (TPSA) is 30.5 Å². The van der Waals surface area contributed by atoms with Crippen LogP contribution in [0, 0.1) is 5.82 Å². The molecule has 0 radical (unpaired) electrons. The molecule has 0 aliphatic carbocycles. The Morgan fingerprint density at radius 3 is 2.36 bits per heavy atom. The van der Waals surface area contributed by atoms with Gasteiger partial charge < -0.3 is 14.8 Å². The quantitative estimate of drug-likeness (QED) is 0.439. The molecule has 0 unspecified atom stereocenters. The first-order chi connectivity index (χ1) is 13.6. The van der Waals surface area contributed by atoms with Crippen LogP contribution < -0.4 is 14.8 Å². The Morgan fingerprint density at radius 2 is 1.64 bits per heavy atom. The summed E-state index contributed by atoms with van der Waals surface area (Å²) in [4.78, 5) is 0. The Balaban J connectivity index is 1.78. The molecule has 6 heteroatoms. The van der Waals surface area contributed by atoms with Crippen LogP contribution >= 0.6 is 23.2 Å². The Hall–Kier alpha value is -2.43. The van der Waals surface area contributed by atoms with Crippen molar-refractivity contribution in [3.63, 3.8) is 0 Å². The van der Waals surface area contributed by atoms with Crippen LogP contribution in [0.3, 0.4) is 0 Å². The van der Waals surface area contributed by atoms with Gasteiger partial charge in [-0.15, -0.1) is 0 Å². The van der Waals surface area contributed by atoms with Crippen LogP contribution in [-0.4, -0.2) is 6.61 Å². The lowest BCUT2D eigenvalue weighted by atomic mass is 10.2. The molecule has 146 valence electrons. The van der Waals surface area contributed by atoms with Crippen LogP contribution in [0.2, 0.25) is 10.0 Å². The van der Waals surface area contributed by atoms with E-state index in [1.165, 1.54) is 6.07 Å². The number of nitrogens with one attached hydrogen (secondary N) is 1. The second-order valence-electron chi connectivity index (χ2n) is 6.03. The molecule has 0 aliphatic heterocycles. The van der Waals surface area contributed by atoms with Crippen LogP contribution in [0.5, 0.6) is 11.5 Å². The van der Waals surface area contributed by atoms with E-state index in [-0.39, 0.29) is 12.2 Å². The van der Waals surface area contributed by atoms with E-state index in [2.05, 4.69) is 5.32 Å². The highest BCUT2D eigenvalue weighted by Gasteiger charge is 2.14. The first-order valence-corrected chi connectivity index (χ1v) is 9.64. The van der Waals surface area contributed by atoms with Crippen LogP contribution in [0.25, 0.3) is 0 Å². The zero-order valence-electron chi connectivity index (χ0n) is 15.3. The van der Waals surface area contributed by atoms with Gasteiger partial charge in [-0.25, -0.2) is 4.39 Å². The fourth-order valence-electron chi connectivity index (χ4n) is 2.67. The van der Waals surface area contributed by atoms with Gasteiger partial charge in [0.15, 0.2) is 11.5 Å². The summed E-state index contributed by atoms with van der Waals surface area (Å²) >= 11 is 12.5. The van der Waals surface area contributed by atoms with Crippen molar-refractivity contribution in [2.75, 3.05) is 11.9 Å². The average molecular weight is 420 g/mol. The number of halogens is 3. The van der Waals surface area contributed by atoms with E-state index in [9.17, 15) is 4.39 Å². The third-order valence-corrected chi connectivity index (χ3v) is 4.81. The summed E-state index contributed by atoms with van der Waals surface area (Å²) < 4.78 is 25.5. The largest absolute Gasteiger partial charge is 0.490 e. The van der Waals surface area contributed by atoms with Crippen molar-refractivity contribution in [2.24, 2.45) is 0 Å². The highest BCUT2D eigenvalue weighted by molar-refractivity contribution is 6.31. The molecule has 0 spiro atoms. The Kier molecular flexibility index (Phi) is 7.01. The zero-order valence-corrected chi connectivity index (χ0v) is 16.9. The molecule has 0 saturated carbocycles. The number of hydrogen-bond donors (Lipinski definition) is 1. The Labute approximate surface area is 174 Å². The van der Waals surface area contributed by atoms with Crippen molar-refractivity contribution < 1.29 is 13.9 Å². The summed E-state index contributed by atoms with van der Waals surface area (Å²) in [6.45, 7) is 2.85. The number of rotatable bonds is 8. The van der Waals surface area contributed by atoms with Gasteiger partial charge in [0.1, 0.15) is 12.4 Å². The highest BCUT2D eigenvalue weighted by Crippen LogP contribution is 2.35. The van der Waals surface area contributed by atoms with Crippen LogP contribution in [-0.2, 0) is 13.2 Å². The minimum absolute atomic E-state index is 0.0243. The van der Waals surface area contributed by atoms with Crippen LogP contribution in [0.4, 0.5) is 10.1 Å². The lowest BCUT2D eigenvalue weighted by Crippen LogP contribution is -2.05. The van der Waals surface area contributed by atoms with Crippen LogP contribution in [0.15, 0.2) is 60.7 Å². The maximum absolute atomic E-state index is 14.0. The normalized spacial score (nSPS) is 10.6. The van der Waals surface area contributed by atoms with Crippen molar-refractivity contribution in [2.45, 2.75) is 20.1 Å². The smallest absolute Gasteiger partial charge is 0.163 e. The highest BCUT2D eigenvalue weighted by atomic mass is 35.5. The summed E-state index contributed by atoms with van der Waals surface area (Å²) in [7, 11) is 0. The molecule has 0 aromatic heterocycles. The predicted octanol–water partition coefficient (Wildman–Crippen LogP) is 6.72. The molecule has 0 bridgehead atoms. The summed E-state index contributed by atoms with van der Waals surface area (Å²) in [5, 5.41) is 4.16. The summed E-state index contributed by atoms with van der Waals surface area (Å²) in [6.07, 6.45) is 0. The van der Waals surface area contributed by atoms with E-state index in [0.717, 1.165) is 11.3 Å². The summed E-state index contributed by atoms with van der Waals surface area (Å²) in [5.41, 5.74) is 2.15. The molecule has 0 atom stereocenters. The SMILES string of the molecule is CCOc1cc(CNc2ccccc2)c(Cl)cc1OCc1c(F)cccc1Cl. The lowest BCUT2D eigenvalue weighted by molar-refractivity contribution is 0.265. The van der Waals surface area contributed by atoms with Crippen molar-refractivity contribution in [1.29, 1.82) is 0 Å². The van der Waals surface area contributed by atoms with E-state index in [1.54, 1.807) is 18.2 Å². The molecule has 0 fully saturated rings. The molecule has 0 aliphatic rings. The standard InChI is InChI=1S/C22H20Cl2FNO2/c1-2-27-21-11-15(13-26-16-7-4-3-5-8-16)19(24)12-22(21)28-14-17-18(23)9-6-10-20(17)25/h3-12,26H,2,13-14H2,1H3. The van der Waals surface area contributed by atoms with Crippen molar-refractivity contribution in [3.8, 4) is 11.5 Å². The molecule has 28 heavy (non-hydrogen) atoms. The molecular weight excluding hydrogens is 400 g/mol. The molecule has 3 aromatic carbocycles. The van der Waals surface area contributed by atoms with Gasteiger partial charge in [-0.05, 0) is 42.8 Å². The zero-order chi connectivity index (χ0) is 19.9. The Bertz CT molecular complexity index is 915. The third kappa shape index (κ3) is 5.09. The fourth-order valence-corrected chi connectivity index (χ4v) is 3.11. The number of hydrogen-bond acceptors (Lipinski definition) is 3. The molecule has 3 aromatic rings. The predicted molar refractivity (Wildman–Crippen MR) is 112 cm³/mol. The van der Waals surface area contributed by atoms with Crippen molar-refractivity contribution in [1.82, 2.24) is 0 Å². The number of para-hydroxylation sites is 1. The van der Waals surface area contributed by atoms with E-state index in [4.69, 9.17) is 32.7 Å². The molecular formula is C22H20Cl2FNO2. The number of benzene rings is 3. The van der Waals surface area contributed by atoms with Crippen LogP contribution in [0.1, 0.15) is 18.1 Å². The Morgan fingerprint density at radius 1 is 0.893 bits per heavy atom. The van der Waals surface area contributed by atoms with E-state index in [1.807, 2.05) is 43.3 Å². The summed E-state index contributed by atoms with van der Waals surface area (Å²) in [6, 6.07) is 17.9. The molecule has 1 N–H and O–H groups in total. The minimum Gasteiger partial charge on any atom is -0.490 e. The number of ether oxygens (including phenoxy) is 2. The minimum atomic E-state index is -0.416. The molecule has 0 amide bonds. The van der Waals surface area contributed by atoms with Crippen molar-refractivity contribution >= 4 is 28.9 Å². The van der Waals surface area contributed by atoms with Crippen molar-refractivity contribution in [3.05, 3.63) is 87.7 Å². The maximum Gasteiger partial charge on any atom is 0.163 e. The third-order valence-electron chi connectivity index (χ3n) is 4.10. The number of anilines is 1. The second kappa shape index (κ2) is 9.67. The van der Waals surface area contributed by atoms with Gasteiger partial charge in [-0.3, -0.25) is 0 Å². The van der Waals surface area contributed by atoms with E-state index in [0.29, 0.717) is 34.7 Å². The second-order valence-corrected chi connectivity index (χ2v) is 6.85. The average Bonchev–Trinajstić information content (AvgIpc) is 2.69. The van der Waals surface area contributed by atoms with Gasteiger partial charge in [0.05, 0.1) is 11.6 Å².